The number of hydrogen-bond acceptors (Lipinski definition) is 3. The molecule has 2 amide bonds. The van der Waals surface area contributed by atoms with Crippen molar-refractivity contribution in [2.75, 3.05) is 13.1 Å². The molecule has 1 N–H and O–H groups in total. The van der Waals surface area contributed by atoms with Crippen LogP contribution in [0.15, 0.2) is 24.5 Å². The van der Waals surface area contributed by atoms with Gasteiger partial charge in [-0.2, -0.15) is 0 Å². The third-order valence-electron chi connectivity index (χ3n) is 4.98. The molecule has 5 heteroatoms. The molecular formula is C19H27N3O2. The van der Waals surface area contributed by atoms with Crippen molar-refractivity contribution >= 4 is 11.8 Å². The van der Waals surface area contributed by atoms with E-state index in [2.05, 4.69) is 10.3 Å². The van der Waals surface area contributed by atoms with Crippen molar-refractivity contribution < 1.29 is 9.59 Å². The van der Waals surface area contributed by atoms with Crippen molar-refractivity contribution in [1.82, 2.24) is 15.2 Å². The van der Waals surface area contributed by atoms with Gasteiger partial charge in [0.15, 0.2) is 0 Å². The molecule has 24 heavy (non-hydrogen) atoms. The predicted octanol–water partition coefficient (Wildman–Crippen LogP) is 2.83. The molecule has 0 bridgehead atoms. The number of pyridine rings is 1. The molecule has 1 aliphatic carbocycles. The quantitative estimate of drug-likeness (QED) is 0.816. The van der Waals surface area contributed by atoms with Gasteiger partial charge in [-0.1, -0.05) is 12.8 Å². The van der Waals surface area contributed by atoms with E-state index in [4.69, 9.17) is 0 Å². The molecule has 5 nitrogen and oxygen atoms in total. The van der Waals surface area contributed by atoms with E-state index in [-0.39, 0.29) is 23.8 Å². The molecule has 2 heterocycles. The minimum atomic E-state index is 0.159. The summed E-state index contributed by atoms with van der Waals surface area (Å²) in [5.41, 5.74) is 1.18. The fourth-order valence-corrected chi connectivity index (χ4v) is 3.42. The number of nitrogens with one attached hydrogen (secondary N) is 1. The smallest absolute Gasteiger partial charge is 0.223 e. The number of carbonyl (C=O) groups is 2. The highest BCUT2D eigenvalue weighted by Gasteiger charge is 2.29. The van der Waals surface area contributed by atoms with Crippen LogP contribution >= 0.6 is 0 Å². The van der Waals surface area contributed by atoms with Crippen LogP contribution in [0.5, 0.6) is 0 Å². The lowest BCUT2D eigenvalue weighted by molar-refractivity contribution is -0.134. The van der Waals surface area contributed by atoms with Gasteiger partial charge in [0.2, 0.25) is 11.8 Å². The Morgan fingerprint density at radius 3 is 2.67 bits per heavy atom. The van der Waals surface area contributed by atoms with E-state index in [1.165, 1.54) is 12.0 Å². The maximum Gasteiger partial charge on any atom is 0.223 e. The van der Waals surface area contributed by atoms with Crippen LogP contribution < -0.4 is 5.32 Å². The summed E-state index contributed by atoms with van der Waals surface area (Å²) >= 11 is 0. The van der Waals surface area contributed by atoms with Crippen LogP contribution in [-0.4, -0.2) is 34.8 Å². The molecule has 0 spiro atoms. The third kappa shape index (κ3) is 4.56. The van der Waals surface area contributed by atoms with E-state index in [1.807, 2.05) is 17.0 Å². The second-order valence-electron chi connectivity index (χ2n) is 6.90. The molecule has 1 saturated carbocycles. The highest BCUT2D eigenvalue weighted by Crippen LogP contribution is 2.30. The van der Waals surface area contributed by atoms with Crippen molar-refractivity contribution in [3.05, 3.63) is 30.1 Å². The van der Waals surface area contributed by atoms with E-state index < -0.39 is 0 Å². The standard InChI is InChI=1S/C19H27N3O2/c23-18(6-4-11-21-19(24)16-7-8-16)22-14-3-1-2-5-17(22)15-9-12-20-13-10-15/h9-10,12-13,16-17H,1-8,11,14H2,(H,21,24)/t17-/m0/s1. The molecule has 130 valence electrons. The van der Waals surface area contributed by atoms with E-state index in [1.54, 1.807) is 12.4 Å². The van der Waals surface area contributed by atoms with Crippen LogP contribution in [0.1, 0.15) is 63.0 Å². The third-order valence-corrected chi connectivity index (χ3v) is 4.98. The van der Waals surface area contributed by atoms with Crippen molar-refractivity contribution in [2.24, 2.45) is 5.92 Å². The van der Waals surface area contributed by atoms with Crippen LogP contribution in [0.4, 0.5) is 0 Å². The summed E-state index contributed by atoms with van der Waals surface area (Å²) in [5, 5.41) is 2.94. The largest absolute Gasteiger partial charge is 0.356 e. The molecule has 1 aromatic rings. The molecule has 1 saturated heterocycles. The second kappa shape index (κ2) is 8.27. The van der Waals surface area contributed by atoms with E-state index in [0.717, 1.165) is 45.1 Å². The van der Waals surface area contributed by atoms with Gasteiger partial charge in [-0.25, -0.2) is 0 Å². The van der Waals surface area contributed by atoms with E-state index in [9.17, 15) is 9.59 Å². The fourth-order valence-electron chi connectivity index (χ4n) is 3.42. The molecule has 3 rings (SSSR count). The molecule has 2 aliphatic rings. The topological polar surface area (TPSA) is 62.3 Å². The van der Waals surface area contributed by atoms with Gasteiger partial charge in [0.25, 0.3) is 0 Å². The lowest BCUT2D eigenvalue weighted by Crippen LogP contribution is -2.35. The van der Waals surface area contributed by atoms with Crippen LogP contribution in [0.3, 0.4) is 0 Å². The summed E-state index contributed by atoms with van der Waals surface area (Å²) in [6.07, 6.45) is 11.3. The van der Waals surface area contributed by atoms with Gasteiger partial charge in [0.1, 0.15) is 0 Å². The highest BCUT2D eigenvalue weighted by atomic mass is 16.2. The number of carbonyl (C=O) groups excluding carboxylic acids is 2. The highest BCUT2D eigenvalue weighted by molar-refractivity contribution is 5.81. The van der Waals surface area contributed by atoms with E-state index in [0.29, 0.717) is 13.0 Å². The number of likely N-dealkylation sites (tertiary alicyclic amines) is 1. The molecular weight excluding hydrogens is 302 g/mol. The molecule has 0 unspecified atom stereocenters. The fraction of sp³-hybridized carbons (Fsp3) is 0.632. The van der Waals surface area contributed by atoms with Crippen LogP contribution in [0.25, 0.3) is 0 Å². The monoisotopic (exact) mass is 329 g/mol. The van der Waals surface area contributed by atoms with Gasteiger partial charge in [-0.3, -0.25) is 14.6 Å². The summed E-state index contributed by atoms with van der Waals surface area (Å²) in [6, 6.07) is 4.21. The van der Waals surface area contributed by atoms with Gasteiger partial charge in [-0.05, 0) is 49.8 Å². The lowest BCUT2D eigenvalue weighted by atomic mass is 10.0. The van der Waals surface area contributed by atoms with Gasteiger partial charge in [-0.15, -0.1) is 0 Å². The Morgan fingerprint density at radius 1 is 1.12 bits per heavy atom. The zero-order chi connectivity index (χ0) is 16.8. The maximum atomic E-state index is 12.7. The first kappa shape index (κ1) is 16.9. The summed E-state index contributed by atoms with van der Waals surface area (Å²) in [5.74, 6) is 0.605. The lowest BCUT2D eigenvalue weighted by Gasteiger charge is -2.30. The SMILES string of the molecule is O=C(NCCCC(=O)N1CCCCC[C@H]1c1ccncc1)C1CC1. The van der Waals surface area contributed by atoms with Gasteiger partial charge in [0, 0.05) is 37.8 Å². The molecule has 0 aromatic carbocycles. The normalized spacial score (nSPS) is 21.2. The number of aromatic nitrogens is 1. The molecule has 1 aliphatic heterocycles. The Labute approximate surface area is 143 Å². The van der Waals surface area contributed by atoms with Crippen molar-refractivity contribution in [2.45, 2.75) is 57.4 Å². The molecule has 2 fully saturated rings. The van der Waals surface area contributed by atoms with E-state index >= 15 is 0 Å². The predicted molar refractivity (Wildman–Crippen MR) is 92.1 cm³/mol. The average Bonchev–Trinajstić information content (AvgIpc) is 3.45. The summed E-state index contributed by atoms with van der Waals surface area (Å²) in [7, 11) is 0. The Balaban J connectivity index is 1.52. The summed E-state index contributed by atoms with van der Waals surface area (Å²) in [6.45, 7) is 1.44. The number of amides is 2. The number of nitrogens with zero attached hydrogens (tertiary/aromatic N) is 2. The van der Waals surface area contributed by atoms with Gasteiger partial charge >= 0.3 is 0 Å². The van der Waals surface area contributed by atoms with Gasteiger partial charge < -0.3 is 10.2 Å². The van der Waals surface area contributed by atoms with Crippen LogP contribution in [0.2, 0.25) is 0 Å². The minimum Gasteiger partial charge on any atom is -0.356 e. The zero-order valence-corrected chi connectivity index (χ0v) is 14.2. The van der Waals surface area contributed by atoms with Crippen molar-refractivity contribution in [3.63, 3.8) is 0 Å². The maximum absolute atomic E-state index is 12.7. The summed E-state index contributed by atoms with van der Waals surface area (Å²) < 4.78 is 0. The minimum absolute atomic E-state index is 0.159. The first-order valence-electron chi connectivity index (χ1n) is 9.23. The second-order valence-corrected chi connectivity index (χ2v) is 6.90. The van der Waals surface area contributed by atoms with Crippen LogP contribution in [-0.2, 0) is 9.59 Å². The first-order chi connectivity index (χ1) is 11.8. The Kier molecular flexibility index (Phi) is 5.83. The average molecular weight is 329 g/mol. The molecule has 0 radical (unpaired) electrons. The first-order valence-corrected chi connectivity index (χ1v) is 9.23. The molecule has 1 atom stereocenters. The zero-order valence-electron chi connectivity index (χ0n) is 14.2. The number of rotatable bonds is 6. The van der Waals surface area contributed by atoms with Gasteiger partial charge in [0.05, 0.1) is 6.04 Å². The Bertz CT molecular complexity index is 557. The summed E-state index contributed by atoms with van der Waals surface area (Å²) in [4.78, 5) is 30.5. The van der Waals surface area contributed by atoms with Crippen LogP contribution in [0, 0.1) is 5.92 Å². The molecule has 1 aromatic heterocycles. The van der Waals surface area contributed by atoms with Crippen molar-refractivity contribution in [1.29, 1.82) is 0 Å². The number of hydrogen-bond donors (Lipinski definition) is 1. The van der Waals surface area contributed by atoms with Crippen molar-refractivity contribution in [3.8, 4) is 0 Å². The Hall–Kier alpha value is -1.91. The Morgan fingerprint density at radius 2 is 1.92 bits per heavy atom.